The van der Waals surface area contributed by atoms with E-state index in [1.165, 1.54) is 0 Å². The van der Waals surface area contributed by atoms with Crippen LogP contribution in [0.25, 0.3) is 0 Å². The summed E-state index contributed by atoms with van der Waals surface area (Å²) in [7, 11) is 0. The van der Waals surface area contributed by atoms with E-state index in [0.717, 1.165) is 16.8 Å². The molecular formula is C17H27NO. The van der Waals surface area contributed by atoms with Crippen LogP contribution in [0.5, 0.6) is 0 Å². The number of aliphatic hydroxyl groups excluding tert-OH is 1. The van der Waals surface area contributed by atoms with E-state index < -0.39 is 6.10 Å². The number of hydrogen-bond acceptors (Lipinski definition) is 2. The van der Waals surface area contributed by atoms with Gasteiger partial charge in [0.05, 0.1) is 6.10 Å². The van der Waals surface area contributed by atoms with E-state index in [9.17, 15) is 5.11 Å². The van der Waals surface area contributed by atoms with Crippen LogP contribution in [-0.2, 0) is 6.42 Å². The summed E-state index contributed by atoms with van der Waals surface area (Å²) in [5.74, 6) is 0. The van der Waals surface area contributed by atoms with Crippen LogP contribution >= 0.6 is 0 Å². The zero-order valence-electron chi connectivity index (χ0n) is 11.6. The molecule has 2 heteroatoms. The van der Waals surface area contributed by atoms with Gasteiger partial charge in [-0.1, -0.05) is 58.7 Å². The second-order valence-corrected chi connectivity index (χ2v) is 3.65. The molecule has 0 saturated heterocycles. The second-order valence-electron chi connectivity index (χ2n) is 3.65. The van der Waals surface area contributed by atoms with Crippen molar-refractivity contribution in [1.82, 2.24) is 4.98 Å². The van der Waals surface area contributed by atoms with Gasteiger partial charge >= 0.3 is 0 Å². The van der Waals surface area contributed by atoms with Gasteiger partial charge in [0.2, 0.25) is 0 Å². The van der Waals surface area contributed by atoms with E-state index in [4.69, 9.17) is 0 Å². The molecule has 1 aromatic heterocycles. The maximum atomic E-state index is 9.94. The molecule has 0 amide bonds. The summed E-state index contributed by atoms with van der Waals surface area (Å²) < 4.78 is 0. The maximum absolute atomic E-state index is 9.94. The zero-order valence-corrected chi connectivity index (χ0v) is 11.6. The van der Waals surface area contributed by atoms with E-state index >= 15 is 0 Å². The first-order chi connectivity index (χ1) is 8.67. The Labute approximate surface area is 118 Å². The summed E-state index contributed by atoms with van der Waals surface area (Å²) in [4.78, 5) is 4.25. The highest BCUT2D eigenvalue weighted by Crippen LogP contribution is 2.10. The largest absolute Gasteiger partial charge is 0.388 e. The van der Waals surface area contributed by atoms with Gasteiger partial charge in [0.25, 0.3) is 0 Å². The van der Waals surface area contributed by atoms with Gasteiger partial charge in [0.1, 0.15) is 0 Å². The van der Waals surface area contributed by atoms with Crippen molar-refractivity contribution >= 4 is 0 Å². The lowest BCUT2D eigenvalue weighted by Gasteiger charge is -2.10. The predicted octanol–water partition coefficient (Wildman–Crippen LogP) is 4.25. The van der Waals surface area contributed by atoms with Crippen molar-refractivity contribution in [1.29, 1.82) is 0 Å². The Morgan fingerprint density at radius 2 is 2.00 bits per heavy atom. The lowest BCUT2D eigenvalue weighted by molar-refractivity contribution is 0.214. The van der Waals surface area contributed by atoms with Crippen molar-refractivity contribution in [2.24, 2.45) is 0 Å². The van der Waals surface area contributed by atoms with Gasteiger partial charge in [-0.15, -0.1) is 0 Å². The summed E-state index contributed by atoms with van der Waals surface area (Å²) >= 11 is 0. The van der Waals surface area contributed by atoms with Crippen molar-refractivity contribution in [2.45, 2.75) is 40.7 Å². The Morgan fingerprint density at radius 3 is 2.42 bits per heavy atom. The number of aromatic nitrogens is 1. The monoisotopic (exact) mass is 261 g/mol. The third kappa shape index (κ3) is 7.37. The fraction of sp³-hybridized carbons (Fsp3) is 0.353. The van der Waals surface area contributed by atoms with E-state index in [0.29, 0.717) is 6.42 Å². The number of allylic oxidation sites excluding steroid dienone is 2. The Hall–Kier alpha value is -1.67. The molecule has 1 rings (SSSR count). The zero-order chi connectivity index (χ0) is 14.0. The van der Waals surface area contributed by atoms with E-state index in [-0.39, 0.29) is 7.43 Å². The highest BCUT2D eigenvalue weighted by atomic mass is 16.3. The van der Waals surface area contributed by atoms with Crippen LogP contribution in [0.2, 0.25) is 0 Å². The summed E-state index contributed by atoms with van der Waals surface area (Å²) in [6.45, 7) is 13.2. The SMILES string of the molecule is C.C=C/C=C(\C=C)C(O)Cc1ccc(C)cn1.CC. The smallest absolute Gasteiger partial charge is 0.0845 e. The highest BCUT2D eigenvalue weighted by Gasteiger charge is 2.08. The van der Waals surface area contributed by atoms with Crippen LogP contribution in [0.15, 0.2) is 55.3 Å². The Kier molecular flexibility index (Phi) is 11.8. The fourth-order valence-electron chi connectivity index (χ4n) is 1.39. The van der Waals surface area contributed by atoms with Crippen LogP contribution < -0.4 is 0 Å². The molecule has 0 saturated carbocycles. The van der Waals surface area contributed by atoms with Gasteiger partial charge in [-0.05, 0) is 24.1 Å². The molecule has 0 aromatic carbocycles. The van der Waals surface area contributed by atoms with Gasteiger partial charge in [-0.25, -0.2) is 0 Å². The average molecular weight is 261 g/mol. The number of hydrogen-bond donors (Lipinski definition) is 1. The molecule has 19 heavy (non-hydrogen) atoms. The molecule has 2 nitrogen and oxygen atoms in total. The normalized spacial score (nSPS) is 11.5. The van der Waals surface area contributed by atoms with Crippen LogP contribution in [0.4, 0.5) is 0 Å². The predicted molar refractivity (Wildman–Crippen MR) is 85.2 cm³/mol. The third-order valence-electron chi connectivity index (χ3n) is 2.31. The minimum Gasteiger partial charge on any atom is -0.388 e. The van der Waals surface area contributed by atoms with Gasteiger partial charge in [-0.2, -0.15) is 0 Å². The Bertz CT molecular complexity index is 390. The maximum Gasteiger partial charge on any atom is 0.0845 e. The first-order valence-corrected chi connectivity index (χ1v) is 6.22. The van der Waals surface area contributed by atoms with Crippen LogP contribution in [0.3, 0.4) is 0 Å². The topological polar surface area (TPSA) is 33.1 Å². The number of pyridine rings is 1. The first-order valence-electron chi connectivity index (χ1n) is 6.22. The molecule has 0 spiro atoms. The third-order valence-corrected chi connectivity index (χ3v) is 2.31. The van der Waals surface area contributed by atoms with Crippen LogP contribution in [0, 0.1) is 6.92 Å². The highest BCUT2D eigenvalue weighted by molar-refractivity contribution is 5.26. The molecule has 1 unspecified atom stereocenters. The summed E-state index contributed by atoms with van der Waals surface area (Å²) in [6.07, 6.45) is 6.75. The number of rotatable bonds is 5. The van der Waals surface area contributed by atoms with E-state index in [1.54, 1.807) is 24.4 Å². The lowest BCUT2D eigenvalue weighted by atomic mass is 10.0. The fourth-order valence-corrected chi connectivity index (χ4v) is 1.39. The standard InChI is InChI=1S/C14H17NO.C2H6.CH4/c1-4-6-12(5-2)14(16)9-13-8-7-11(3)10-15-13;1-2;/h4-8,10,14,16H,1-2,9H2,3H3;1-2H3;1H4/b12-6+;;. The minimum absolute atomic E-state index is 0. The van der Waals surface area contributed by atoms with Crippen molar-refractivity contribution < 1.29 is 5.11 Å². The molecule has 1 heterocycles. The summed E-state index contributed by atoms with van der Waals surface area (Å²) in [6, 6.07) is 3.91. The quantitative estimate of drug-likeness (QED) is 0.804. The number of aliphatic hydroxyl groups is 1. The molecule has 0 fully saturated rings. The summed E-state index contributed by atoms with van der Waals surface area (Å²) in [5.41, 5.74) is 2.75. The van der Waals surface area contributed by atoms with Crippen molar-refractivity contribution in [3.63, 3.8) is 0 Å². The molecule has 0 aliphatic rings. The lowest BCUT2D eigenvalue weighted by Crippen LogP contribution is -2.13. The van der Waals surface area contributed by atoms with Crippen molar-refractivity contribution in [3.05, 3.63) is 66.5 Å². The Morgan fingerprint density at radius 1 is 1.37 bits per heavy atom. The van der Waals surface area contributed by atoms with Crippen LogP contribution in [0.1, 0.15) is 32.5 Å². The minimum atomic E-state index is -0.578. The molecule has 0 bridgehead atoms. The van der Waals surface area contributed by atoms with Crippen LogP contribution in [-0.4, -0.2) is 16.2 Å². The Balaban J connectivity index is 0. The van der Waals surface area contributed by atoms with Gasteiger partial charge in [-0.3, -0.25) is 4.98 Å². The van der Waals surface area contributed by atoms with Crippen molar-refractivity contribution in [3.8, 4) is 0 Å². The number of aryl methyl sites for hydroxylation is 1. The molecule has 0 radical (unpaired) electrons. The molecule has 1 N–H and O–H groups in total. The van der Waals surface area contributed by atoms with E-state index in [1.807, 2.05) is 32.9 Å². The molecule has 0 aliphatic carbocycles. The second kappa shape index (κ2) is 11.4. The molecule has 1 aromatic rings. The van der Waals surface area contributed by atoms with Gasteiger partial charge in [0.15, 0.2) is 0 Å². The van der Waals surface area contributed by atoms with Gasteiger partial charge < -0.3 is 5.11 Å². The van der Waals surface area contributed by atoms with Gasteiger partial charge in [0, 0.05) is 18.3 Å². The molecular weight excluding hydrogens is 234 g/mol. The average Bonchev–Trinajstić information content (AvgIpc) is 2.41. The molecule has 0 aliphatic heterocycles. The molecule has 1 atom stereocenters. The summed E-state index contributed by atoms with van der Waals surface area (Å²) in [5, 5.41) is 9.94. The number of nitrogens with zero attached hydrogens (tertiary/aromatic N) is 1. The van der Waals surface area contributed by atoms with E-state index in [2.05, 4.69) is 18.1 Å². The molecule has 106 valence electrons. The van der Waals surface area contributed by atoms with Crippen molar-refractivity contribution in [2.75, 3.05) is 0 Å². The first kappa shape index (κ1) is 19.7.